The number of ether oxygens (including phenoxy) is 1. The van der Waals surface area contributed by atoms with Gasteiger partial charge in [0, 0.05) is 23.2 Å². The van der Waals surface area contributed by atoms with E-state index in [4.69, 9.17) is 20.9 Å². The lowest BCUT2D eigenvalue weighted by molar-refractivity contribution is 0.0942. The van der Waals surface area contributed by atoms with E-state index in [1.165, 1.54) is 0 Å². The van der Waals surface area contributed by atoms with Crippen molar-refractivity contribution in [1.82, 2.24) is 10.5 Å². The number of carbonyl (C=O) groups is 1. The molecule has 0 unspecified atom stereocenters. The molecule has 0 saturated heterocycles. The zero-order valence-corrected chi connectivity index (χ0v) is 13.7. The van der Waals surface area contributed by atoms with Gasteiger partial charge >= 0.3 is 0 Å². The van der Waals surface area contributed by atoms with Gasteiger partial charge < -0.3 is 14.6 Å². The SMILES string of the molecule is COc1ccc(CNC(=O)c2cc(-c3cccc(Cl)c3)on2)cc1. The second-order valence-corrected chi connectivity index (χ2v) is 5.55. The number of hydrogen-bond acceptors (Lipinski definition) is 4. The highest BCUT2D eigenvalue weighted by Gasteiger charge is 2.13. The molecule has 122 valence electrons. The van der Waals surface area contributed by atoms with Crippen LogP contribution in [0.5, 0.6) is 5.75 Å². The average Bonchev–Trinajstić information content (AvgIpc) is 3.10. The van der Waals surface area contributed by atoms with Gasteiger partial charge in [-0.15, -0.1) is 0 Å². The Kier molecular flexibility index (Phi) is 4.82. The third kappa shape index (κ3) is 3.75. The standard InChI is InChI=1S/C18H15ClN2O3/c1-23-15-7-5-12(6-8-15)11-20-18(22)16-10-17(24-21-16)13-3-2-4-14(19)9-13/h2-10H,11H2,1H3,(H,20,22). The lowest BCUT2D eigenvalue weighted by Gasteiger charge is -2.04. The Bertz CT molecular complexity index is 843. The van der Waals surface area contributed by atoms with E-state index in [0.29, 0.717) is 17.3 Å². The fraction of sp³-hybridized carbons (Fsp3) is 0.111. The molecule has 0 aliphatic rings. The number of carbonyl (C=O) groups excluding carboxylic acids is 1. The van der Waals surface area contributed by atoms with Crippen LogP contribution in [0.15, 0.2) is 59.1 Å². The van der Waals surface area contributed by atoms with E-state index in [-0.39, 0.29) is 11.6 Å². The molecular weight excluding hydrogens is 328 g/mol. The molecule has 1 aromatic heterocycles. The molecule has 6 heteroatoms. The minimum Gasteiger partial charge on any atom is -0.497 e. The highest BCUT2D eigenvalue weighted by Crippen LogP contribution is 2.23. The van der Waals surface area contributed by atoms with Crippen LogP contribution < -0.4 is 10.1 Å². The van der Waals surface area contributed by atoms with Gasteiger partial charge in [0.15, 0.2) is 11.5 Å². The monoisotopic (exact) mass is 342 g/mol. The quantitative estimate of drug-likeness (QED) is 0.763. The zero-order valence-electron chi connectivity index (χ0n) is 13.0. The highest BCUT2D eigenvalue weighted by molar-refractivity contribution is 6.30. The third-order valence-corrected chi connectivity index (χ3v) is 3.70. The molecule has 0 spiro atoms. The zero-order chi connectivity index (χ0) is 16.9. The summed E-state index contributed by atoms with van der Waals surface area (Å²) >= 11 is 5.95. The summed E-state index contributed by atoms with van der Waals surface area (Å²) in [5.41, 5.74) is 1.95. The molecule has 0 radical (unpaired) electrons. The summed E-state index contributed by atoms with van der Waals surface area (Å²) in [6.07, 6.45) is 0. The van der Waals surface area contributed by atoms with Gasteiger partial charge in [0.25, 0.3) is 5.91 Å². The van der Waals surface area contributed by atoms with Gasteiger partial charge in [0.05, 0.1) is 7.11 Å². The van der Waals surface area contributed by atoms with Gasteiger partial charge in [0.1, 0.15) is 5.75 Å². The van der Waals surface area contributed by atoms with Gasteiger partial charge in [-0.05, 0) is 29.8 Å². The van der Waals surface area contributed by atoms with Crippen molar-refractivity contribution in [1.29, 1.82) is 0 Å². The molecule has 0 saturated carbocycles. The molecule has 0 aliphatic carbocycles. The lowest BCUT2D eigenvalue weighted by atomic mass is 10.1. The van der Waals surface area contributed by atoms with Gasteiger partial charge in [-0.3, -0.25) is 4.79 Å². The molecule has 5 nitrogen and oxygen atoms in total. The first kappa shape index (κ1) is 16.1. The number of aromatic nitrogens is 1. The largest absolute Gasteiger partial charge is 0.497 e. The van der Waals surface area contributed by atoms with Crippen LogP contribution in [0, 0.1) is 0 Å². The Morgan fingerprint density at radius 1 is 1.21 bits per heavy atom. The van der Waals surface area contributed by atoms with E-state index in [2.05, 4.69) is 10.5 Å². The number of benzene rings is 2. The minimum atomic E-state index is -0.303. The van der Waals surface area contributed by atoms with Crippen molar-refractivity contribution in [3.05, 3.63) is 70.9 Å². The predicted molar refractivity (Wildman–Crippen MR) is 91.1 cm³/mol. The second kappa shape index (κ2) is 7.19. The summed E-state index contributed by atoms with van der Waals surface area (Å²) in [4.78, 5) is 12.2. The minimum absolute atomic E-state index is 0.221. The van der Waals surface area contributed by atoms with Crippen LogP contribution >= 0.6 is 11.6 Å². The molecule has 3 rings (SSSR count). The lowest BCUT2D eigenvalue weighted by Crippen LogP contribution is -2.22. The van der Waals surface area contributed by atoms with Crippen LogP contribution in [0.25, 0.3) is 11.3 Å². The second-order valence-electron chi connectivity index (χ2n) is 5.12. The Morgan fingerprint density at radius 2 is 2.00 bits per heavy atom. The van der Waals surface area contributed by atoms with Gasteiger partial charge in [-0.2, -0.15) is 0 Å². The molecular formula is C18H15ClN2O3. The first-order valence-electron chi connectivity index (χ1n) is 7.29. The Labute approximate surface area is 144 Å². The van der Waals surface area contributed by atoms with E-state index < -0.39 is 0 Å². The number of rotatable bonds is 5. The van der Waals surface area contributed by atoms with Crippen LogP contribution in [0.1, 0.15) is 16.1 Å². The molecule has 1 amide bonds. The predicted octanol–water partition coefficient (Wildman–Crippen LogP) is 3.93. The summed E-state index contributed by atoms with van der Waals surface area (Å²) < 4.78 is 10.3. The van der Waals surface area contributed by atoms with Gasteiger partial charge in [0.2, 0.25) is 0 Å². The smallest absolute Gasteiger partial charge is 0.273 e. The third-order valence-electron chi connectivity index (χ3n) is 3.46. The molecule has 1 heterocycles. The number of nitrogens with one attached hydrogen (secondary N) is 1. The molecule has 0 bridgehead atoms. The molecule has 24 heavy (non-hydrogen) atoms. The van der Waals surface area contributed by atoms with Crippen LogP contribution in [-0.2, 0) is 6.54 Å². The molecule has 1 N–H and O–H groups in total. The molecule has 3 aromatic rings. The number of halogens is 1. The van der Waals surface area contributed by atoms with Crippen LogP contribution in [0.3, 0.4) is 0 Å². The number of amides is 1. The van der Waals surface area contributed by atoms with E-state index in [9.17, 15) is 4.79 Å². The maximum Gasteiger partial charge on any atom is 0.273 e. The fourth-order valence-electron chi connectivity index (χ4n) is 2.18. The molecule has 2 aromatic carbocycles. The van der Waals surface area contributed by atoms with Crippen molar-refractivity contribution in [2.45, 2.75) is 6.54 Å². The maximum atomic E-state index is 12.2. The Balaban J connectivity index is 1.65. The average molecular weight is 343 g/mol. The van der Waals surface area contributed by atoms with Crippen molar-refractivity contribution >= 4 is 17.5 Å². The van der Waals surface area contributed by atoms with Crippen molar-refractivity contribution < 1.29 is 14.1 Å². The molecule has 0 fully saturated rings. The Hall–Kier alpha value is -2.79. The van der Waals surface area contributed by atoms with Gasteiger partial charge in [-0.25, -0.2) is 0 Å². The summed E-state index contributed by atoms with van der Waals surface area (Å²) in [6.45, 7) is 0.391. The van der Waals surface area contributed by atoms with E-state index in [1.54, 1.807) is 25.3 Å². The summed E-state index contributed by atoms with van der Waals surface area (Å²) in [7, 11) is 1.61. The molecule has 0 aliphatic heterocycles. The summed E-state index contributed by atoms with van der Waals surface area (Å²) in [5.74, 6) is 0.961. The number of nitrogens with zero attached hydrogens (tertiary/aromatic N) is 1. The molecule has 0 atom stereocenters. The fourth-order valence-corrected chi connectivity index (χ4v) is 2.37. The summed E-state index contributed by atoms with van der Waals surface area (Å²) in [6, 6.07) is 16.2. The van der Waals surface area contributed by atoms with Crippen LogP contribution in [0.2, 0.25) is 5.02 Å². The van der Waals surface area contributed by atoms with Crippen molar-refractivity contribution in [3.8, 4) is 17.1 Å². The summed E-state index contributed by atoms with van der Waals surface area (Å²) in [5, 5.41) is 7.20. The van der Waals surface area contributed by atoms with Crippen LogP contribution in [0.4, 0.5) is 0 Å². The van der Waals surface area contributed by atoms with E-state index >= 15 is 0 Å². The first-order valence-corrected chi connectivity index (χ1v) is 7.67. The van der Waals surface area contributed by atoms with Crippen molar-refractivity contribution in [2.24, 2.45) is 0 Å². The number of hydrogen-bond donors (Lipinski definition) is 1. The van der Waals surface area contributed by atoms with Gasteiger partial charge in [-0.1, -0.05) is 41.0 Å². The topological polar surface area (TPSA) is 64.4 Å². The van der Waals surface area contributed by atoms with E-state index in [0.717, 1.165) is 16.9 Å². The van der Waals surface area contributed by atoms with Crippen molar-refractivity contribution in [2.75, 3.05) is 7.11 Å². The Morgan fingerprint density at radius 3 is 2.71 bits per heavy atom. The van der Waals surface area contributed by atoms with Crippen molar-refractivity contribution in [3.63, 3.8) is 0 Å². The normalized spacial score (nSPS) is 10.4. The highest BCUT2D eigenvalue weighted by atomic mass is 35.5. The number of methoxy groups -OCH3 is 1. The van der Waals surface area contributed by atoms with E-state index in [1.807, 2.05) is 36.4 Å². The first-order chi connectivity index (χ1) is 11.7. The maximum absolute atomic E-state index is 12.2. The van der Waals surface area contributed by atoms with Crippen LogP contribution in [-0.4, -0.2) is 18.2 Å².